The van der Waals surface area contributed by atoms with E-state index in [0.717, 1.165) is 10.9 Å². The molecule has 0 saturated heterocycles. The van der Waals surface area contributed by atoms with Crippen molar-refractivity contribution >= 4 is 16.6 Å². The van der Waals surface area contributed by atoms with E-state index >= 15 is 0 Å². The number of rotatable bonds is 3. The van der Waals surface area contributed by atoms with E-state index in [4.69, 9.17) is 0 Å². The fraction of sp³-hybridized carbons (Fsp3) is 0.0714. The topological polar surface area (TPSA) is 61.0 Å². The van der Waals surface area contributed by atoms with Crippen molar-refractivity contribution in [3.05, 3.63) is 70.4 Å². The third-order valence-electron chi connectivity index (χ3n) is 2.95. The molecule has 1 aromatic heterocycles. The highest BCUT2D eigenvalue weighted by Gasteiger charge is 2.14. The van der Waals surface area contributed by atoms with Gasteiger partial charge in [-0.25, -0.2) is 0 Å². The standard InChI is InChI=1S/C14H11N3O2/c18-17(19)13-8-4-7-12-10-16(15-14(12)13)9-11-5-2-1-3-6-11/h1-8,10H,9H2. The Balaban J connectivity index is 2.03. The zero-order valence-corrected chi connectivity index (χ0v) is 10.1. The average Bonchev–Trinajstić information content (AvgIpc) is 2.81. The van der Waals surface area contributed by atoms with Crippen LogP contribution in [0.3, 0.4) is 0 Å². The second-order valence-corrected chi connectivity index (χ2v) is 4.28. The maximum absolute atomic E-state index is 10.9. The van der Waals surface area contributed by atoms with E-state index in [0.29, 0.717) is 12.1 Å². The molecule has 0 bridgehead atoms. The van der Waals surface area contributed by atoms with Crippen molar-refractivity contribution in [1.82, 2.24) is 9.78 Å². The zero-order chi connectivity index (χ0) is 13.2. The lowest BCUT2D eigenvalue weighted by atomic mass is 10.2. The highest BCUT2D eigenvalue weighted by molar-refractivity contribution is 5.86. The molecule has 3 aromatic rings. The average molecular weight is 253 g/mol. The molecule has 94 valence electrons. The van der Waals surface area contributed by atoms with Crippen molar-refractivity contribution in [3.63, 3.8) is 0 Å². The van der Waals surface area contributed by atoms with Gasteiger partial charge in [-0.1, -0.05) is 42.5 Å². The van der Waals surface area contributed by atoms with Gasteiger partial charge < -0.3 is 0 Å². The number of hydrogen-bond donors (Lipinski definition) is 0. The van der Waals surface area contributed by atoms with Gasteiger partial charge in [0, 0.05) is 17.6 Å². The lowest BCUT2D eigenvalue weighted by molar-refractivity contribution is -0.383. The van der Waals surface area contributed by atoms with Gasteiger partial charge in [-0.15, -0.1) is 0 Å². The number of nitrogens with zero attached hydrogens (tertiary/aromatic N) is 3. The number of benzene rings is 2. The number of nitro benzene ring substituents is 1. The monoisotopic (exact) mass is 253 g/mol. The first kappa shape index (κ1) is 11.4. The Labute approximate surface area is 109 Å². The van der Waals surface area contributed by atoms with E-state index in [9.17, 15) is 10.1 Å². The second-order valence-electron chi connectivity index (χ2n) is 4.28. The van der Waals surface area contributed by atoms with Crippen LogP contribution in [0.2, 0.25) is 0 Å². The molecule has 0 spiro atoms. The number of hydrogen-bond acceptors (Lipinski definition) is 3. The molecule has 0 amide bonds. The van der Waals surface area contributed by atoms with Gasteiger partial charge in [0.25, 0.3) is 5.69 Å². The van der Waals surface area contributed by atoms with Gasteiger partial charge in [-0.2, -0.15) is 5.10 Å². The highest BCUT2D eigenvalue weighted by Crippen LogP contribution is 2.23. The second kappa shape index (κ2) is 4.53. The summed E-state index contributed by atoms with van der Waals surface area (Å²) in [6, 6.07) is 14.9. The quantitative estimate of drug-likeness (QED) is 0.532. The molecule has 19 heavy (non-hydrogen) atoms. The van der Waals surface area contributed by atoms with Crippen LogP contribution < -0.4 is 0 Å². The van der Waals surface area contributed by atoms with E-state index in [1.807, 2.05) is 42.6 Å². The molecule has 0 aliphatic carbocycles. The third-order valence-corrected chi connectivity index (χ3v) is 2.95. The summed E-state index contributed by atoms with van der Waals surface area (Å²) in [7, 11) is 0. The highest BCUT2D eigenvalue weighted by atomic mass is 16.6. The lowest BCUT2D eigenvalue weighted by Crippen LogP contribution is -1.99. The van der Waals surface area contributed by atoms with Gasteiger partial charge >= 0.3 is 0 Å². The van der Waals surface area contributed by atoms with Crippen molar-refractivity contribution < 1.29 is 4.92 Å². The Hall–Kier alpha value is -2.69. The first-order valence-corrected chi connectivity index (χ1v) is 5.88. The van der Waals surface area contributed by atoms with Gasteiger partial charge in [0.2, 0.25) is 0 Å². The molecule has 0 radical (unpaired) electrons. The minimum absolute atomic E-state index is 0.0457. The summed E-state index contributed by atoms with van der Waals surface area (Å²) in [5, 5.41) is 16.0. The summed E-state index contributed by atoms with van der Waals surface area (Å²) < 4.78 is 1.73. The van der Waals surface area contributed by atoms with Crippen molar-refractivity contribution in [3.8, 4) is 0 Å². The van der Waals surface area contributed by atoms with Crippen LogP contribution in [0.15, 0.2) is 54.7 Å². The fourth-order valence-corrected chi connectivity index (χ4v) is 2.08. The van der Waals surface area contributed by atoms with Gasteiger partial charge in [-0.3, -0.25) is 14.8 Å². The summed E-state index contributed by atoms with van der Waals surface area (Å²) in [4.78, 5) is 10.5. The molecule has 0 N–H and O–H groups in total. The van der Waals surface area contributed by atoms with Crippen LogP contribution in [0.1, 0.15) is 5.56 Å². The smallest absolute Gasteiger partial charge is 0.267 e. The predicted octanol–water partition coefficient (Wildman–Crippen LogP) is 2.99. The van der Waals surface area contributed by atoms with E-state index in [1.54, 1.807) is 10.7 Å². The van der Waals surface area contributed by atoms with Crippen LogP contribution in [0, 0.1) is 10.1 Å². The van der Waals surface area contributed by atoms with Crippen molar-refractivity contribution in [2.45, 2.75) is 6.54 Å². The van der Waals surface area contributed by atoms with Crippen molar-refractivity contribution in [2.24, 2.45) is 0 Å². The minimum Gasteiger partial charge on any atom is -0.267 e. The SMILES string of the molecule is O=[N+]([O-])c1cccc2cn(Cc3ccccc3)nc12. The summed E-state index contributed by atoms with van der Waals surface area (Å²) in [6.07, 6.45) is 1.83. The summed E-state index contributed by atoms with van der Waals surface area (Å²) >= 11 is 0. The maximum atomic E-state index is 10.9. The van der Waals surface area contributed by atoms with Gasteiger partial charge in [0.05, 0.1) is 11.5 Å². The Bertz CT molecular complexity index is 735. The van der Waals surface area contributed by atoms with Crippen LogP contribution in [-0.2, 0) is 6.54 Å². The molecule has 0 fully saturated rings. The largest absolute Gasteiger partial charge is 0.297 e. The molecule has 3 rings (SSSR count). The van der Waals surface area contributed by atoms with Gasteiger partial charge in [0.1, 0.15) is 0 Å². The summed E-state index contributed by atoms with van der Waals surface area (Å²) in [5.74, 6) is 0. The molecular weight excluding hydrogens is 242 g/mol. The van der Waals surface area contributed by atoms with E-state index in [1.165, 1.54) is 6.07 Å². The molecule has 2 aromatic carbocycles. The molecule has 0 aliphatic heterocycles. The maximum Gasteiger partial charge on any atom is 0.297 e. The lowest BCUT2D eigenvalue weighted by Gasteiger charge is -2.00. The Morgan fingerprint density at radius 3 is 2.63 bits per heavy atom. The van der Waals surface area contributed by atoms with Gasteiger partial charge in [-0.05, 0) is 5.56 Å². The number of non-ortho nitro benzene ring substituents is 1. The third kappa shape index (κ3) is 2.18. The summed E-state index contributed by atoms with van der Waals surface area (Å²) in [5.41, 5.74) is 1.59. The predicted molar refractivity (Wildman–Crippen MR) is 71.9 cm³/mol. The minimum atomic E-state index is -0.401. The van der Waals surface area contributed by atoms with Crippen LogP contribution in [0.5, 0.6) is 0 Å². The molecule has 5 heteroatoms. The first-order valence-electron chi connectivity index (χ1n) is 5.88. The molecular formula is C14H11N3O2. The van der Waals surface area contributed by atoms with Crippen LogP contribution >= 0.6 is 0 Å². The Morgan fingerprint density at radius 1 is 1.11 bits per heavy atom. The fourth-order valence-electron chi connectivity index (χ4n) is 2.08. The molecule has 0 saturated carbocycles. The number of fused-ring (bicyclic) bond motifs is 1. The zero-order valence-electron chi connectivity index (χ0n) is 10.1. The van der Waals surface area contributed by atoms with E-state index in [-0.39, 0.29) is 5.69 Å². The van der Waals surface area contributed by atoms with Gasteiger partial charge in [0.15, 0.2) is 5.52 Å². The number of aromatic nitrogens is 2. The van der Waals surface area contributed by atoms with Crippen molar-refractivity contribution in [1.29, 1.82) is 0 Å². The molecule has 0 unspecified atom stereocenters. The Kier molecular flexibility index (Phi) is 2.72. The Morgan fingerprint density at radius 2 is 1.89 bits per heavy atom. The summed E-state index contributed by atoms with van der Waals surface area (Å²) in [6.45, 7) is 0.604. The molecule has 0 aliphatic rings. The molecule has 5 nitrogen and oxygen atoms in total. The van der Waals surface area contributed by atoms with Crippen LogP contribution in [0.25, 0.3) is 10.9 Å². The molecule has 0 atom stereocenters. The van der Waals surface area contributed by atoms with E-state index < -0.39 is 4.92 Å². The van der Waals surface area contributed by atoms with E-state index in [2.05, 4.69) is 5.10 Å². The van der Waals surface area contributed by atoms with Crippen LogP contribution in [-0.4, -0.2) is 14.7 Å². The van der Waals surface area contributed by atoms with Crippen LogP contribution in [0.4, 0.5) is 5.69 Å². The normalized spacial score (nSPS) is 10.7. The molecule has 1 heterocycles. The number of nitro groups is 1. The van der Waals surface area contributed by atoms with Crippen molar-refractivity contribution in [2.75, 3.05) is 0 Å². The first-order chi connectivity index (χ1) is 9.24.